The van der Waals surface area contributed by atoms with Crippen LogP contribution in [0, 0.1) is 5.82 Å². The van der Waals surface area contributed by atoms with Gasteiger partial charge in [-0.15, -0.1) is 0 Å². The highest BCUT2D eigenvalue weighted by Crippen LogP contribution is 2.37. The van der Waals surface area contributed by atoms with Crippen molar-refractivity contribution in [2.45, 2.75) is 58.8 Å². The van der Waals surface area contributed by atoms with E-state index in [-0.39, 0.29) is 11.9 Å². The fourth-order valence-corrected chi connectivity index (χ4v) is 2.71. The zero-order valence-corrected chi connectivity index (χ0v) is 14.0. The molecule has 1 saturated heterocycles. The molecule has 1 aliphatic rings. The van der Waals surface area contributed by atoms with Crippen LogP contribution in [0.25, 0.3) is 10.9 Å². The Labute approximate surface area is 130 Å². The average molecular weight is 304 g/mol. The lowest BCUT2D eigenvalue weighted by Gasteiger charge is -2.32. The van der Waals surface area contributed by atoms with Crippen LogP contribution in [0.3, 0.4) is 0 Å². The standard InChI is InChI=1S/C16H22BFN2O2/c1-10(2)20-14-11(9-19-20)12(7-8-13(14)18)17-21-15(3,4)16(5,6)22-17/h7-10H,1-6H3. The van der Waals surface area contributed by atoms with Crippen LogP contribution in [0.2, 0.25) is 0 Å². The third kappa shape index (κ3) is 2.17. The van der Waals surface area contributed by atoms with Gasteiger partial charge in [0, 0.05) is 11.4 Å². The van der Waals surface area contributed by atoms with Crippen LogP contribution in [0.5, 0.6) is 0 Å². The lowest BCUT2D eigenvalue weighted by molar-refractivity contribution is 0.00578. The van der Waals surface area contributed by atoms with Gasteiger partial charge < -0.3 is 9.31 Å². The Hall–Kier alpha value is -1.40. The van der Waals surface area contributed by atoms with Gasteiger partial charge in [-0.2, -0.15) is 5.10 Å². The molecule has 1 aromatic carbocycles. The van der Waals surface area contributed by atoms with E-state index in [9.17, 15) is 4.39 Å². The second-order valence-electron chi connectivity index (χ2n) is 7.17. The van der Waals surface area contributed by atoms with Crippen molar-refractivity contribution in [3.05, 3.63) is 24.1 Å². The molecule has 0 bridgehead atoms. The maximum atomic E-state index is 14.3. The summed E-state index contributed by atoms with van der Waals surface area (Å²) in [5, 5.41) is 5.07. The Morgan fingerprint density at radius 3 is 2.27 bits per heavy atom. The normalized spacial score (nSPS) is 20.3. The molecule has 3 rings (SSSR count). The van der Waals surface area contributed by atoms with Crippen LogP contribution in [0.15, 0.2) is 18.3 Å². The van der Waals surface area contributed by atoms with E-state index in [1.54, 1.807) is 16.9 Å². The molecule has 0 radical (unpaired) electrons. The first-order valence-corrected chi connectivity index (χ1v) is 7.65. The quantitative estimate of drug-likeness (QED) is 0.800. The predicted molar refractivity (Wildman–Crippen MR) is 85.8 cm³/mol. The Morgan fingerprint density at radius 2 is 1.73 bits per heavy atom. The van der Waals surface area contributed by atoms with Crippen LogP contribution in [-0.4, -0.2) is 28.1 Å². The van der Waals surface area contributed by atoms with E-state index < -0.39 is 18.3 Å². The van der Waals surface area contributed by atoms with Gasteiger partial charge in [0.2, 0.25) is 0 Å². The topological polar surface area (TPSA) is 36.3 Å². The molecule has 0 unspecified atom stereocenters. The number of nitrogens with zero attached hydrogens (tertiary/aromatic N) is 2. The Kier molecular flexibility index (Phi) is 3.38. The third-order valence-corrected chi connectivity index (χ3v) is 4.74. The number of halogens is 1. The van der Waals surface area contributed by atoms with Crippen molar-refractivity contribution >= 4 is 23.5 Å². The number of fused-ring (bicyclic) bond motifs is 1. The molecule has 2 aromatic rings. The summed E-state index contributed by atoms with van der Waals surface area (Å²) in [6.45, 7) is 12.0. The van der Waals surface area contributed by atoms with Gasteiger partial charge in [0.15, 0.2) is 0 Å². The average Bonchev–Trinajstić information content (AvgIpc) is 2.90. The molecule has 0 N–H and O–H groups in total. The molecule has 0 saturated carbocycles. The molecule has 22 heavy (non-hydrogen) atoms. The van der Waals surface area contributed by atoms with E-state index in [1.807, 2.05) is 41.5 Å². The maximum absolute atomic E-state index is 14.3. The lowest BCUT2D eigenvalue weighted by Crippen LogP contribution is -2.41. The highest BCUT2D eigenvalue weighted by atomic mass is 19.1. The fourth-order valence-electron chi connectivity index (χ4n) is 2.71. The molecular weight excluding hydrogens is 282 g/mol. The smallest absolute Gasteiger partial charge is 0.399 e. The number of hydrogen-bond acceptors (Lipinski definition) is 3. The number of hydrogen-bond donors (Lipinski definition) is 0. The van der Waals surface area contributed by atoms with Crippen molar-refractivity contribution in [1.82, 2.24) is 9.78 Å². The van der Waals surface area contributed by atoms with Crippen LogP contribution >= 0.6 is 0 Å². The van der Waals surface area contributed by atoms with Crippen molar-refractivity contribution in [3.63, 3.8) is 0 Å². The molecule has 0 amide bonds. The molecule has 1 fully saturated rings. The largest absolute Gasteiger partial charge is 0.495 e. The fraction of sp³-hybridized carbons (Fsp3) is 0.562. The summed E-state index contributed by atoms with van der Waals surface area (Å²) in [4.78, 5) is 0. The highest BCUT2D eigenvalue weighted by Gasteiger charge is 2.52. The summed E-state index contributed by atoms with van der Waals surface area (Å²) in [6.07, 6.45) is 1.69. The Bertz CT molecular complexity index is 708. The van der Waals surface area contributed by atoms with Crippen LogP contribution in [0.1, 0.15) is 47.6 Å². The molecule has 0 aliphatic carbocycles. The summed E-state index contributed by atoms with van der Waals surface area (Å²) < 4.78 is 28.1. The number of rotatable bonds is 2. The number of benzene rings is 1. The monoisotopic (exact) mass is 304 g/mol. The molecule has 1 aliphatic heterocycles. The van der Waals surface area contributed by atoms with Gasteiger partial charge in [0.25, 0.3) is 0 Å². The van der Waals surface area contributed by atoms with Crippen LogP contribution in [0.4, 0.5) is 4.39 Å². The van der Waals surface area contributed by atoms with Crippen molar-refractivity contribution < 1.29 is 13.7 Å². The van der Waals surface area contributed by atoms with E-state index in [2.05, 4.69) is 5.10 Å². The lowest BCUT2D eigenvalue weighted by atomic mass is 9.77. The molecule has 6 heteroatoms. The zero-order valence-electron chi connectivity index (χ0n) is 14.0. The molecule has 0 spiro atoms. The number of aromatic nitrogens is 2. The summed E-state index contributed by atoms with van der Waals surface area (Å²) >= 11 is 0. The van der Waals surface area contributed by atoms with Gasteiger partial charge in [0.1, 0.15) is 11.3 Å². The zero-order chi connectivity index (χ0) is 16.3. The highest BCUT2D eigenvalue weighted by molar-refractivity contribution is 6.65. The van der Waals surface area contributed by atoms with E-state index >= 15 is 0 Å². The minimum absolute atomic E-state index is 0.0838. The maximum Gasteiger partial charge on any atom is 0.495 e. The molecule has 0 atom stereocenters. The van der Waals surface area contributed by atoms with E-state index in [0.29, 0.717) is 5.52 Å². The van der Waals surface area contributed by atoms with Crippen molar-refractivity contribution in [2.24, 2.45) is 0 Å². The Balaban J connectivity index is 2.12. The summed E-state index contributed by atoms with van der Waals surface area (Å²) in [5.41, 5.74) is 0.475. The van der Waals surface area contributed by atoms with E-state index in [0.717, 1.165) is 10.8 Å². The molecule has 1 aromatic heterocycles. The van der Waals surface area contributed by atoms with Gasteiger partial charge in [-0.1, -0.05) is 6.07 Å². The van der Waals surface area contributed by atoms with Gasteiger partial charge >= 0.3 is 7.12 Å². The predicted octanol–water partition coefficient (Wildman–Crippen LogP) is 3.06. The third-order valence-electron chi connectivity index (χ3n) is 4.74. The SMILES string of the molecule is CC(C)n1ncc2c(B3OC(C)(C)C(C)(C)O3)ccc(F)c21. The minimum atomic E-state index is -0.516. The first-order chi connectivity index (χ1) is 10.1. The minimum Gasteiger partial charge on any atom is -0.399 e. The van der Waals surface area contributed by atoms with Crippen molar-refractivity contribution in [1.29, 1.82) is 0 Å². The van der Waals surface area contributed by atoms with E-state index in [4.69, 9.17) is 9.31 Å². The van der Waals surface area contributed by atoms with Gasteiger partial charge in [-0.3, -0.25) is 4.68 Å². The van der Waals surface area contributed by atoms with Crippen molar-refractivity contribution in [2.75, 3.05) is 0 Å². The molecular formula is C16H22BFN2O2. The first-order valence-electron chi connectivity index (χ1n) is 7.65. The van der Waals surface area contributed by atoms with Crippen LogP contribution < -0.4 is 5.46 Å². The van der Waals surface area contributed by atoms with Gasteiger partial charge in [0.05, 0.1) is 17.4 Å². The molecule has 2 heterocycles. The summed E-state index contributed by atoms with van der Waals surface area (Å²) in [5.74, 6) is -0.276. The first kappa shape index (κ1) is 15.5. The summed E-state index contributed by atoms with van der Waals surface area (Å²) in [6, 6.07) is 3.27. The van der Waals surface area contributed by atoms with Gasteiger partial charge in [-0.05, 0) is 53.1 Å². The second-order valence-corrected chi connectivity index (χ2v) is 7.17. The Morgan fingerprint density at radius 1 is 1.14 bits per heavy atom. The van der Waals surface area contributed by atoms with Crippen molar-refractivity contribution in [3.8, 4) is 0 Å². The van der Waals surface area contributed by atoms with Gasteiger partial charge in [-0.25, -0.2) is 4.39 Å². The second kappa shape index (κ2) is 4.80. The van der Waals surface area contributed by atoms with Crippen LogP contribution in [-0.2, 0) is 9.31 Å². The summed E-state index contributed by atoms with van der Waals surface area (Å²) in [7, 11) is -0.516. The molecule has 118 valence electrons. The molecule has 4 nitrogen and oxygen atoms in total. The van der Waals surface area contributed by atoms with E-state index in [1.165, 1.54) is 6.07 Å².